The normalized spacial score (nSPS) is 17.8. The van der Waals surface area contributed by atoms with Crippen LogP contribution in [0.15, 0.2) is 54.6 Å². The molecule has 1 aliphatic carbocycles. The molecule has 4 rings (SSSR count). The highest BCUT2D eigenvalue weighted by Gasteiger charge is 2.40. The Kier molecular flexibility index (Phi) is 3.98. The molecule has 4 heteroatoms. The monoisotopic (exact) mass is 346 g/mol. The average Bonchev–Trinajstić information content (AvgIpc) is 2.97. The minimum absolute atomic E-state index is 0.0445. The van der Waals surface area contributed by atoms with Crippen molar-refractivity contribution in [1.29, 1.82) is 0 Å². The molecule has 0 saturated heterocycles. The van der Waals surface area contributed by atoms with Gasteiger partial charge in [-0.25, -0.2) is 4.98 Å². The van der Waals surface area contributed by atoms with Gasteiger partial charge in [-0.3, -0.25) is 9.59 Å². The number of benzene rings is 2. The van der Waals surface area contributed by atoms with Crippen molar-refractivity contribution < 1.29 is 9.59 Å². The van der Waals surface area contributed by atoms with Crippen LogP contribution in [0.25, 0.3) is 22.4 Å². The summed E-state index contributed by atoms with van der Waals surface area (Å²) in [4.78, 5) is 30.1. The van der Waals surface area contributed by atoms with Crippen LogP contribution in [-0.4, -0.2) is 21.1 Å². The van der Waals surface area contributed by atoms with E-state index < -0.39 is 5.92 Å². The first-order chi connectivity index (χ1) is 12.4. The van der Waals surface area contributed by atoms with Gasteiger partial charge >= 0.3 is 0 Å². The molecule has 132 valence electrons. The molecule has 0 N–H and O–H groups in total. The molecule has 3 aromatic rings. The molecule has 0 spiro atoms. The second-order valence-corrected chi connectivity index (χ2v) is 7.90. The number of ketones is 2. The first kappa shape index (κ1) is 16.7. The van der Waals surface area contributed by atoms with Crippen LogP contribution in [0.3, 0.4) is 0 Å². The summed E-state index contributed by atoms with van der Waals surface area (Å²) in [5.41, 5.74) is 2.59. The summed E-state index contributed by atoms with van der Waals surface area (Å²) < 4.78 is 2.03. The fourth-order valence-corrected chi connectivity index (χ4v) is 3.89. The van der Waals surface area contributed by atoms with Gasteiger partial charge in [0.15, 0.2) is 0 Å². The van der Waals surface area contributed by atoms with Gasteiger partial charge in [0.25, 0.3) is 0 Å². The molecule has 1 heterocycles. The lowest BCUT2D eigenvalue weighted by Crippen LogP contribution is -2.39. The molecule has 1 fully saturated rings. The minimum Gasteiger partial charge on any atom is -0.323 e. The summed E-state index contributed by atoms with van der Waals surface area (Å²) in [5, 5.41) is 0. The first-order valence-corrected chi connectivity index (χ1v) is 9.01. The van der Waals surface area contributed by atoms with Crippen molar-refractivity contribution in [3.8, 4) is 11.4 Å². The predicted molar refractivity (Wildman–Crippen MR) is 102 cm³/mol. The third-order valence-corrected chi connectivity index (χ3v) is 5.13. The molecule has 26 heavy (non-hydrogen) atoms. The molecule has 1 saturated carbocycles. The van der Waals surface area contributed by atoms with Crippen LogP contribution in [0.1, 0.15) is 26.7 Å². The van der Waals surface area contributed by atoms with E-state index in [0.29, 0.717) is 19.4 Å². The van der Waals surface area contributed by atoms with E-state index in [1.54, 1.807) is 0 Å². The Morgan fingerprint density at radius 2 is 1.58 bits per heavy atom. The molecule has 0 amide bonds. The Bertz CT molecular complexity index is 966. The minimum atomic E-state index is -0.580. The Morgan fingerprint density at radius 3 is 2.27 bits per heavy atom. The maximum absolute atomic E-state index is 12.7. The van der Waals surface area contributed by atoms with Gasteiger partial charge in [0.1, 0.15) is 17.4 Å². The van der Waals surface area contributed by atoms with Crippen LogP contribution in [0.2, 0.25) is 0 Å². The number of para-hydroxylation sites is 2. The zero-order valence-corrected chi connectivity index (χ0v) is 15.1. The third kappa shape index (κ3) is 2.96. The van der Waals surface area contributed by atoms with Crippen molar-refractivity contribution in [3.63, 3.8) is 0 Å². The number of Topliss-reactive ketones (excluding diaryl/α,β-unsaturated/α-hetero) is 2. The highest BCUT2D eigenvalue weighted by Crippen LogP contribution is 2.35. The highest BCUT2D eigenvalue weighted by molar-refractivity contribution is 6.05. The van der Waals surface area contributed by atoms with E-state index in [-0.39, 0.29) is 17.0 Å². The highest BCUT2D eigenvalue weighted by atomic mass is 16.2. The zero-order chi connectivity index (χ0) is 18.3. The lowest BCUT2D eigenvalue weighted by molar-refractivity contribution is -0.140. The summed E-state index contributed by atoms with van der Waals surface area (Å²) in [5.74, 6) is 0.311. The van der Waals surface area contributed by atoms with Gasteiger partial charge < -0.3 is 4.57 Å². The number of hydrogen-bond acceptors (Lipinski definition) is 3. The molecule has 0 bridgehead atoms. The van der Waals surface area contributed by atoms with Gasteiger partial charge in [0, 0.05) is 24.9 Å². The average molecular weight is 346 g/mol. The van der Waals surface area contributed by atoms with Crippen LogP contribution >= 0.6 is 0 Å². The third-order valence-electron chi connectivity index (χ3n) is 5.13. The molecule has 0 unspecified atom stereocenters. The van der Waals surface area contributed by atoms with Crippen molar-refractivity contribution in [3.05, 3.63) is 54.6 Å². The molecule has 1 aliphatic rings. The maximum Gasteiger partial charge on any atom is 0.145 e. The Morgan fingerprint density at radius 1 is 0.962 bits per heavy atom. The number of rotatable bonds is 3. The largest absolute Gasteiger partial charge is 0.323 e. The van der Waals surface area contributed by atoms with Crippen LogP contribution < -0.4 is 0 Å². The van der Waals surface area contributed by atoms with Gasteiger partial charge in [0.05, 0.1) is 17.0 Å². The van der Waals surface area contributed by atoms with Crippen LogP contribution in [-0.2, 0) is 16.1 Å². The fraction of sp³-hybridized carbons (Fsp3) is 0.318. The quantitative estimate of drug-likeness (QED) is 0.665. The standard InChI is InChI=1S/C22H22N2O2/c1-22(2)12-19(25)16(20(26)13-22)14-24-18-11-7-6-10-17(18)23-21(24)15-8-4-3-5-9-15/h3-11,16H,12-14H2,1-2H3. The summed E-state index contributed by atoms with van der Waals surface area (Å²) >= 11 is 0. The SMILES string of the molecule is CC1(C)CC(=O)C(Cn2c(-c3ccccc3)nc3ccccc32)C(=O)C1. The van der Waals surface area contributed by atoms with Gasteiger partial charge in [0.2, 0.25) is 0 Å². The van der Waals surface area contributed by atoms with Gasteiger partial charge in [-0.1, -0.05) is 56.3 Å². The van der Waals surface area contributed by atoms with Crippen molar-refractivity contribution in [2.45, 2.75) is 33.2 Å². The summed E-state index contributed by atoms with van der Waals surface area (Å²) in [6, 6.07) is 17.8. The van der Waals surface area contributed by atoms with E-state index in [4.69, 9.17) is 4.98 Å². The Balaban J connectivity index is 1.79. The second kappa shape index (κ2) is 6.20. The van der Waals surface area contributed by atoms with E-state index in [1.165, 1.54) is 0 Å². The van der Waals surface area contributed by atoms with E-state index in [1.807, 2.05) is 73.0 Å². The zero-order valence-electron chi connectivity index (χ0n) is 15.1. The number of hydrogen-bond donors (Lipinski definition) is 0. The summed E-state index contributed by atoms with van der Waals surface area (Å²) in [7, 11) is 0. The Hall–Kier alpha value is -2.75. The molecular formula is C22H22N2O2. The van der Waals surface area contributed by atoms with E-state index >= 15 is 0 Å². The Labute approximate surface area is 152 Å². The number of carbonyl (C=O) groups is 2. The molecule has 0 atom stereocenters. The lowest BCUT2D eigenvalue weighted by atomic mass is 9.71. The fourth-order valence-electron chi connectivity index (χ4n) is 3.89. The molecule has 2 aromatic carbocycles. The molecule has 0 radical (unpaired) electrons. The number of fused-ring (bicyclic) bond motifs is 1. The maximum atomic E-state index is 12.7. The topological polar surface area (TPSA) is 52.0 Å². The number of nitrogens with zero attached hydrogens (tertiary/aromatic N) is 2. The summed E-state index contributed by atoms with van der Waals surface area (Å²) in [6.45, 7) is 4.33. The van der Waals surface area contributed by atoms with E-state index in [2.05, 4.69) is 0 Å². The lowest BCUT2D eigenvalue weighted by Gasteiger charge is -2.32. The van der Waals surface area contributed by atoms with Gasteiger partial charge in [-0.05, 0) is 17.5 Å². The summed E-state index contributed by atoms with van der Waals surface area (Å²) in [6.07, 6.45) is 0.910. The predicted octanol–water partition coefficient (Wildman–Crippen LogP) is 4.28. The molecule has 1 aromatic heterocycles. The number of carbonyl (C=O) groups excluding carboxylic acids is 2. The molecule has 4 nitrogen and oxygen atoms in total. The van der Waals surface area contributed by atoms with Crippen LogP contribution in [0.4, 0.5) is 0 Å². The van der Waals surface area contributed by atoms with Crippen molar-refractivity contribution in [1.82, 2.24) is 9.55 Å². The second-order valence-electron chi connectivity index (χ2n) is 7.90. The van der Waals surface area contributed by atoms with Crippen molar-refractivity contribution >= 4 is 22.6 Å². The van der Waals surface area contributed by atoms with Gasteiger partial charge in [-0.15, -0.1) is 0 Å². The molecular weight excluding hydrogens is 324 g/mol. The first-order valence-electron chi connectivity index (χ1n) is 9.01. The van der Waals surface area contributed by atoms with Crippen molar-refractivity contribution in [2.24, 2.45) is 11.3 Å². The van der Waals surface area contributed by atoms with E-state index in [9.17, 15) is 9.59 Å². The van der Waals surface area contributed by atoms with Crippen molar-refractivity contribution in [2.75, 3.05) is 0 Å². The smallest absolute Gasteiger partial charge is 0.145 e. The van der Waals surface area contributed by atoms with Crippen LogP contribution in [0, 0.1) is 11.3 Å². The van der Waals surface area contributed by atoms with Gasteiger partial charge in [-0.2, -0.15) is 0 Å². The van der Waals surface area contributed by atoms with Crippen LogP contribution in [0.5, 0.6) is 0 Å². The van der Waals surface area contributed by atoms with E-state index in [0.717, 1.165) is 22.4 Å². The molecule has 0 aliphatic heterocycles. The number of aromatic nitrogens is 2. The number of imidazole rings is 1.